The van der Waals surface area contributed by atoms with E-state index < -0.39 is 17.4 Å². The molecule has 0 heterocycles. The summed E-state index contributed by atoms with van der Waals surface area (Å²) in [5, 5.41) is 0.146. The molecule has 2 aromatic rings. The predicted octanol–water partition coefficient (Wildman–Crippen LogP) is 3.86. The lowest BCUT2D eigenvalue weighted by Gasteiger charge is -2.07. The largest absolute Gasteiger partial charge is 0.497 e. The highest BCUT2D eigenvalue weighted by molar-refractivity contribution is 6.35. The monoisotopic (exact) mass is 282 g/mol. The molecule has 0 radical (unpaired) electrons. The van der Waals surface area contributed by atoms with Gasteiger partial charge in [0.2, 0.25) is 0 Å². The van der Waals surface area contributed by atoms with E-state index in [4.69, 9.17) is 16.3 Å². The van der Waals surface area contributed by atoms with E-state index >= 15 is 0 Å². The Bertz CT molecular complexity index is 641. The van der Waals surface area contributed by atoms with Crippen LogP contribution in [-0.2, 0) is 0 Å². The summed E-state index contributed by atoms with van der Waals surface area (Å²) in [6.45, 7) is 0. The normalized spacial score (nSPS) is 10.3. The molecule has 0 aliphatic heterocycles. The molecule has 0 saturated carbocycles. The van der Waals surface area contributed by atoms with Crippen molar-refractivity contribution in [2.24, 2.45) is 0 Å². The van der Waals surface area contributed by atoms with Crippen molar-refractivity contribution in [2.45, 2.75) is 0 Å². The third-order valence-electron chi connectivity index (χ3n) is 2.60. The second-order valence-corrected chi connectivity index (χ2v) is 4.21. The number of halogens is 3. The summed E-state index contributed by atoms with van der Waals surface area (Å²) >= 11 is 5.94. The van der Waals surface area contributed by atoms with Crippen LogP contribution < -0.4 is 4.74 Å². The van der Waals surface area contributed by atoms with Crippen LogP contribution in [0.1, 0.15) is 15.9 Å². The first kappa shape index (κ1) is 13.5. The highest BCUT2D eigenvalue weighted by Gasteiger charge is 2.17. The summed E-state index contributed by atoms with van der Waals surface area (Å²) < 4.78 is 31.3. The molecule has 0 aromatic heterocycles. The van der Waals surface area contributed by atoms with Crippen LogP contribution in [0.3, 0.4) is 0 Å². The molecular formula is C14H9ClF2O2. The summed E-state index contributed by atoms with van der Waals surface area (Å²) in [6, 6.07) is 7.20. The van der Waals surface area contributed by atoms with Crippen molar-refractivity contribution in [1.82, 2.24) is 0 Å². The number of methoxy groups -OCH3 is 1. The van der Waals surface area contributed by atoms with Crippen LogP contribution in [-0.4, -0.2) is 12.9 Å². The fraction of sp³-hybridized carbons (Fsp3) is 0.0714. The Balaban J connectivity index is 2.44. The van der Waals surface area contributed by atoms with E-state index in [1.165, 1.54) is 19.2 Å². The van der Waals surface area contributed by atoms with Crippen molar-refractivity contribution < 1.29 is 18.3 Å². The Morgan fingerprint density at radius 1 is 1.11 bits per heavy atom. The van der Waals surface area contributed by atoms with E-state index in [9.17, 15) is 13.6 Å². The second kappa shape index (κ2) is 5.36. The van der Waals surface area contributed by atoms with Crippen LogP contribution in [0.25, 0.3) is 0 Å². The van der Waals surface area contributed by atoms with Gasteiger partial charge >= 0.3 is 0 Å². The van der Waals surface area contributed by atoms with Gasteiger partial charge in [0.15, 0.2) is 5.78 Å². The van der Waals surface area contributed by atoms with Gasteiger partial charge in [0.25, 0.3) is 0 Å². The van der Waals surface area contributed by atoms with Crippen LogP contribution in [0.4, 0.5) is 8.78 Å². The Hall–Kier alpha value is -1.94. The van der Waals surface area contributed by atoms with Gasteiger partial charge in [-0.15, -0.1) is 0 Å². The molecule has 2 nitrogen and oxygen atoms in total. The molecule has 0 aliphatic carbocycles. The van der Waals surface area contributed by atoms with Gasteiger partial charge in [-0.1, -0.05) is 11.6 Å². The van der Waals surface area contributed by atoms with Gasteiger partial charge < -0.3 is 4.74 Å². The Labute approximate surface area is 113 Å². The molecule has 2 rings (SSSR count). The maximum atomic E-state index is 13.5. The number of ketones is 1. The number of hydrogen-bond acceptors (Lipinski definition) is 2. The molecule has 2 aromatic carbocycles. The van der Waals surface area contributed by atoms with Crippen LogP contribution >= 0.6 is 11.6 Å². The number of carbonyl (C=O) groups excluding carboxylic acids is 1. The molecule has 0 saturated heterocycles. The molecule has 0 amide bonds. The van der Waals surface area contributed by atoms with Crippen LogP contribution in [0.15, 0.2) is 36.4 Å². The van der Waals surface area contributed by atoms with Gasteiger partial charge in [-0.3, -0.25) is 4.79 Å². The average Bonchev–Trinajstić information content (AvgIpc) is 2.37. The maximum absolute atomic E-state index is 13.5. The first-order chi connectivity index (χ1) is 9.02. The molecule has 5 heteroatoms. The average molecular weight is 283 g/mol. The lowest BCUT2D eigenvalue weighted by Crippen LogP contribution is -2.05. The predicted molar refractivity (Wildman–Crippen MR) is 67.8 cm³/mol. The number of rotatable bonds is 3. The van der Waals surface area contributed by atoms with Gasteiger partial charge in [0, 0.05) is 11.6 Å². The standard InChI is InChI=1S/C14H9ClF2O2/c1-19-9-3-5-10(12(15)7-9)14(18)11-4-2-8(16)6-13(11)17/h2-7H,1H3. The molecule has 98 valence electrons. The first-order valence-corrected chi connectivity index (χ1v) is 5.74. The van der Waals surface area contributed by atoms with Gasteiger partial charge in [-0.2, -0.15) is 0 Å². The Morgan fingerprint density at radius 2 is 1.79 bits per heavy atom. The Kier molecular flexibility index (Phi) is 3.81. The molecule has 0 bridgehead atoms. The quantitative estimate of drug-likeness (QED) is 0.799. The number of hydrogen-bond donors (Lipinski definition) is 0. The molecule has 0 N–H and O–H groups in total. The Morgan fingerprint density at radius 3 is 2.37 bits per heavy atom. The second-order valence-electron chi connectivity index (χ2n) is 3.80. The first-order valence-electron chi connectivity index (χ1n) is 5.36. The number of carbonyl (C=O) groups is 1. The molecule has 19 heavy (non-hydrogen) atoms. The van der Waals surface area contributed by atoms with E-state index in [0.717, 1.165) is 12.1 Å². The van der Waals surface area contributed by atoms with Gasteiger partial charge in [-0.05, 0) is 30.3 Å². The third kappa shape index (κ3) is 2.74. The molecule has 0 fully saturated rings. The van der Waals surface area contributed by atoms with Crippen molar-refractivity contribution in [3.63, 3.8) is 0 Å². The van der Waals surface area contributed by atoms with Gasteiger partial charge in [0.1, 0.15) is 17.4 Å². The minimum Gasteiger partial charge on any atom is -0.497 e. The molecule has 0 unspecified atom stereocenters. The van der Waals surface area contributed by atoms with Crippen LogP contribution in [0.2, 0.25) is 5.02 Å². The van der Waals surface area contributed by atoms with Gasteiger partial charge in [0.05, 0.1) is 17.7 Å². The van der Waals surface area contributed by atoms with Crippen molar-refractivity contribution in [3.05, 3.63) is 64.2 Å². The summed E-state index contributed by atoms with van der Waals surface area (Å²) in [4.78, 5) is 12.1. The number of ether oxygens (including phenoxy) is 1. The summed E-state index contributed by atoms with van der Waals surface area (Å²) in [5.74, 6) is -1.78. The summed E-state index contributed by atoms with van der Waals surface area (Å²) in [7, 11) is 1.47. The summed E-state index contributed by atoms with van der Waals surface area (Å²) in [5.41, 5.74) is -0.0959. The lowest BCUT2D eigenvalue weighted by atomic mass is 10.0. The summed E-state index contributed by atoms with van der Waals surface area (Å²) in [6.07, 6.45) is 0. The molecule has 0 spiro atoms. The molecule has 0 aliphatic rings. The van der Waals surface area contributed by atoms with Crippen LogP contribution in [0, 0.1) is 11.6 Å². The smallest absolute Gasteiger partial charge is 0.197 e. The molecule has 0 atom stereocenters. The van der Waals surface area contributed by atoms with E-state index in [2.05, 4.69) is 0 Å². The lowest BCUT2D eigenvalue weighted by molar-refractivity contribution is 0.103. The molecular weight excluding hydrogens is 274 g/mol. The maximum Gasteiger partial charge on any atom is 0.197 e. The minimum atomic E-state index is -0.920. The van der Waals surface area contributed by atoms with Crippen molar-refractivity contribution in [3.8, 4) is 5.75 Å². The highest BCUT2D eigenvalue weighted by atomic mass is 35.5. The van der Waals surface area contributed by atoms with E-state index in [0.29, 0.717) is 11.8 Å². The topological polar surface area (TPSA) is 26.3 Å². The van der Waals surface area contributed by atoms with Crippen LogP contribution in [0.5, 0.6) is 5.75 Å². The van der Waals surface area contributed by atoms with Crippen molar-refractivity contribution >= 4 is 17.4 Å². The SMILES string of the molecule is COc1ccc(C(=O)c2ccc(F)cc2F)c(Cl)c1. The van der Waals surface area contributed by atoms with E-state index in [-0.39, 0.29) is 16.1 Å². The zero-order chi connectivity index (χ0) is 14.0. The van der Waals surface area contributed by atoms with E-state index in [1.807, 2.05) is 0 Å². The zero-order valence-corrected chi connectivity index (χ0v) is 10.7. The third-order valence-corrected chi connectivity index (χ3v) is 2.91. The highest BCUT2D eigenvalue weighted by Crippen LogP contribution is 2.25. The zero-order valence-electron chi connectivity index (χ0n) is 9.91. The van der Waals surface area contributed by atoms with E-state index in [1.54, 1.807) is 6.07 Å². The number of benzene rings is 2. The van der Waals surface area contributed by atoms with Crippen molar-refractivity contribution in [2.75, 3.05) is 7.11 Å². The fourth-order valence-corrected chi connectivity index (χ4v) is 1.88. The van der Waals surface area contributed by atoms with Gasteiger partial charge in [-0.25, -0.2) is 8.78 Å². The minimum absolute atomic E-state index is 0.132. The fourth-order valence-electron chi connectivity index (χ4n) is 1.63. The van der Waals surface area contributed by atoms with Crippen molar-refractivity contribution in [1.29, 1.82) is 0 Å².